The minimum absolute atomic E-state index is 0.0368. The molecule has 0 radical (unpaired) electrons. The summed E-state index contributed by atoms with van der Waals surface area (Å²) in [6.07, 6.45) is 0.00145. The fourth-order valence-corrected chi connectivity index (χ4v) is 4.86. The summed E-state index contributed by atoms with van der Waals surface area (Å²) in [7, 11) is 0. The summed E-state index contributed by atoms with van der Waals surface area (Å²) in [6, 6.07) is 12.5. The molecule has 0 aliphatic carbocycles. The van der Waals surface area contributed by atoms with Crippen LogP contribution in [0.4, 0.5) is 0 Å². The van der Waals surface area contributed by atoms with Crippen LogP contribution in [0.1, 0.15) is 17.5 Å². The van der Waals surface area contributed by atoms with E-state index in [9.17, 15) is 15.0 Å². The number of benzene rings is 2. The van der Waals surface area contributed by atoms with Crippen LogP contribution in [0.25, 0.3) is 5.57 Å². The van der Waals surface area contributed by atoms with Gasteiger partial charge in [0.1, 0.15) is 11.3 Å². The Hall–Kier alpha value is -1.53. The fraction of sp³-hybridized carbons (Fsp3) is 0.250. The van der Waals surface area contributed by atoms with Crippen molar-refractivity contribution in [3.63, 3.8) is 0 Å². The van der Waals surface area contributed by atoms with Crippen molar-refractivity contribution in [3.8, 4) is 0 Å². The van der Waals surface area contributed by atoms with Crippen LogP contribution in [0.5, 0.6) is 0 Å². The number of β-amino-alcohol motifs (C(OH)–C–C–N with tert-alkyl or cyclic N) is 1. The van der Waals surface area contributed by atoms with Gasteiger partial charge in [-0.05, 0) is 41.5 Å². The molecule has 2 aliphatic rings. The third-order valence-corrected chi connectivity index (χ3v) is 6.15. The van der Waals surface area contributed by atoms with Crippen molar-refractivity contribution in [2.24, 2.45) is 0 Å². The molecule has 2 atom stereocenters. The third-order valence-electron chi connectivity index (χ3n) is 5.18. The van der Waals surface area contributed by atoms with Gasteiger partial charge >= 0.3 is 0 Å². The Morgan fingerprint density at radius 3 is 2.41 bits per heavy atom. The van der Waals surface area contributed by atoms with E-state index in [1.165, 1.54) is 0 Å². The Morgan fingerprint density at radius 2 is 1.78 bits per heavy atom. The molecule has 2 aliphatic heterocycles. The summed E-state index contributed by atoms with van der Waals surface area (Å²) in [5.41, 5.74) is 0.675. The largest absolute Gasteiger partial charge is 0.509 e. The van der Waals surface area contributed by atoms with E-state index in [4.69, 9.17) is 23.2 Å². The molecule has 1 saturated heterocycles. The van der Waals surface area contributed by atoms with E-state index < -0.39 is 11.6 Å². The molecule has 2 aromatic rings. The van der Waals surface area contributed by atoms with Crippen LogP contribution in [-0.2, 0) is 11.2 Å². The zero-order valence-electron chi connectivity index (χ0n) is 14.1. The highest BCUT2D eigenvalue weighted by molar-refractivity contribution is 9.10. The highest BCUT2D eigenvalue weighted by Crippen LogP contribution is 2.48. The number of carbonyl (C=O) groups is 1. The first kappa shape index (κ1) is 18.8. The first-order chi connectivity index (χ1) is 12.8. The average molecular weight is 469 g/mol. The normalized spacial score (nSPS) is 24.7. The maximum absolute atomic E-state index is 13.1. The number of halogens is 3. The number of carbonyl (C=O) groups excluding carboxylic acids is 1. The summed E-state index contributed by atoms with van der Waals surface area (Å²) >= 11 is 15.6. The molecule has 7 heteroatoms. The van der Waals surface area contributed by atoms with Gasteiger partial charge in [-0.3, -0.25) is 4.79 Å². The van der Waals surface area contributed by atoms with Crippen LogP contribution in [0.2, 0.25) is 10.0 Å². The molecule has 2 aromatic carbocycles. The van der Waals surface area contributed by atoms with E-state index in [1.807, 2.05) is 24.3 Å². The molecule has 0 bridgehead atoms. The van der Waals surface area contributed by atoms with Crippen molar-refractivity contribution in [3.05, 3.63) is 73.9 Å². The molecule has 2 N–H and O–H groups in total. The second-order valence-electron chi connectivity index (χ2n) is 6.99. The van der Waals surface area contributed by atoms with Gasteiger partial charge in [-0.2, -0.15) is 0 Å². The molecular weight excluding hydrogens is 453 g/mol. The van der Waals surface area contributed by atoms with Crippen LogP contribution < -0.4 is 0 Å². The van der Waals surface area contributed by atoms with Gasteiger partial charge in [0.05, 0.1) is 11.7 Å². The van der Waals surface area contributed by atoms with E-state index in [-0.39, 0.29) is 30.2 Å². The molecule has 1 fully saturated rings. The molecule has 2 unspecified atom stereocenters. The number of hydrogen-bond donors (Lipinski definition) is 2. The lowest BCUT2D eigenvalue weighted by molar-refractivity contribution is -0.126. The lowest BCUT2D eigenvalue weighted by Gasteiger charge is -2.32. The van der Waals surface area contributed by atoms with Gasteiger partial charge < -0.3 is 15.1 Å². The summed E-state index contributed by atoms with van der Waals surface area (Å²) in [5, 5.41) is 22.2. The smallest absolute Gasteiger partial charge is 0.258 e. The molecule has 0 aromatic heterocycles. The number of nitrogens with zero attached hydrogens (tertiary/aromatic N) is 1. The van der Waals surface area contributed by atoms with Crippen LogP contribution in [-0.4, -0.2) is 39.2 Å². The molecule has 27 heavy (non-hydrogen) atoms. The number of aliphatic hydroxyl groups excluding tert-OH is 2. The van der Waals surface area contributed by atoms with E-state index in [0.717, 1.165) is 10.0 Å². The lowest BCUT2D eigenvalue weighted by atomic mass is 9.85. The predicted molar refractivity (Wildman–Crippen MR) is 109 cm³/mol. The van der Waals surface area contributed by atoms with E-state index in [2.05, 4.69) is 15.9 Å². The molecule has 2 heterocycles. The number of amides is 1. The summed E-state index contributed by atoms with van der Waals surface area (Å²) < 4.78 is 0.948. The highest BCUT2D eigenvalue weighted by Gasteiger charge is 2.57. The van der Waals surface area contributed by atoms with E-state index in [0.29, 0.717) is 22.0 Å². The van der Waals surface area contributed by atoms with Gasteiger partial charge in [-0.1, -0.05) is 51.3 Å². The Bertz CT molecular complexity index is 940. The molecule has 4 rings (SSSR count). The summed E-state index contributed by atoms with van der Waals surface area (Å²) in [6.45, 7) is 0.178. The third kappa shape index (κ3) is 3.17. The van der Waals surface area contributed by atoms with Gasteiger partial charge in [0.25, 0.3) is 5.91 Å². The Balaban J connectivity index is 1.83. The molecular formula is C20H16BrCl2NO3. The predicted octanol–water partition coefficient (Wildman–Crippen LogP) is 4.61. The van der Waals surface area contributed by atoms with Crippen molar-refractivity contribution in [1.29, 1.82) is 0 Å². The monoisotopic (exact) mass is 467 g/mol. The molecule has 0 saturated carbocycles. The van der Waals surface area contributed by atoms with Crippen LogP contribution in [0.15, 0.2) is 52.7 Å². The number of aliphatic hydroxyl groups is 2. The van der Waals surface area contributed by atoms with Gasteiger partial charge in [-0.25, -0.2) is 0 Å². The van der Waals surface area contributed by atoms with Crippen molar-refractivity contribution in [2.45, 2.75) is 24.5 Å². The van der Waals surface area contributed by atoms with Crippen LogP contribution >= 0.6 is 39.1 Å². The SMILES string of the molecule is O=C1C(c2cc(Cl)cc(Cl)c2)=C(O)C2(Cc3ccc(Br)cc3)CC(O)CN12. The lowest BCUT2D eigenvalue weighted by Crippen LogP contribution is -2.45. The van der Waals surface area contributed by atoms with Crippen LogP contribution in [0, 0.1) is 0 Å². The van der Waals surface area contributed by atoms with Crippen molar-refractivity contribution in [1.82, 2.24) is 4.90 Å². The van der Waals surface area contributed by atoms with Crippen molar-refractivity contribution >= 4 is 50.6 Å². The molecule has 0 spiro atoms. The second kappa shape index (κ2) is 6.82. The summed E-state index contributed by atoms with van der Waals surface area (Å²) in [4.78, 5) is 14.7. The molecule has 140 valence electrons. The Kier molecular flexibility index (Phi) is 4.75. The fourth-order valence-electron chi connectivity index (χ4n) is 4.07. The first-order valence-corrected chi connectivity index (χ1v) is 10.00. The number of hydrogen-bond acceptors (Lipinski definition) is 3. The van der Waals surface area contributed by atoms with Gasteiger partial charge in [0.2, 0.25) is 0 Å². The number of rotatable bonds is 3. The topological polar surface area (TPSA) is 60.8 Å². The van der Waals surface area contributed by atoms with Crippen LogP contribution in [0.3, 0.4) is 0 Å². The Morgan fingerprint density at radius 1 is 1.15 bits per heavy atom. The van der Waals surface area contributed by atoms with Gasteiger partial charge in [0, 0.05) is 33.9 Å². The van der Waals surface area contributed by atoms with Gasteiger partial charge in [-0.15, -0.1) is 0 Å². The summed E-state index contributed by atoms with van der Waals surface area (Å²) in [5.74, 6) is -0.357. The highest BCUT2D eigenvalue weighted by atomic mass is 79.9. The first-order valence-electron chi connectivity index (χ1n) is 8.45. The van der Waals surface area contributed by atoms with E-state index >= 15 is 0 Å². The average Bonchev–Trinajstić information content (AvgIpc) is 3.01. The quantitative estimate of drug-likeness (QED) is 0.691. The maximum atomic E-state index is 13.1. The van der Waals surface area contributed by atoms with Crippen molar-refractivity contribution < 1.29 is 15.0 Å². The standard InChI is InChI=1S/C20H16BrCl2NO3/c21-13-3-1-11(2-4-13)8-20-9-16(25)10-24(20)19(27)17(18(20)26)12-5-14(22)7-15(23)6-12/h1-7,16,25-26H,8-10H2. The molecule has 4 nitrogen and oxygen atoms in total. The Labute approximate surface area is 175 Å². The van der Waals surface area contributed by atoms with Gasteiger partial charge in [0.15, 0.2) is 0 Å². The van der Waals surface area contributed by atoms with Crippen molar-refractivity contribution in [2.75, 3.05) is 6.54 Å². The number of fused-ring (bicyclic) bond motifs is 1. The minimum atomic E-state index is -0.964. The zero-order valence-corrected chi connectivity index (χ0v) is 17.2. The zero-order chi connectivity index (χ0) is 19.3. The second-order valence-corrected chi connectivity index (χ2v) is 8.78. The maximum Gasteiger partial charge on any atom is 0.258 e. The molecule has 1 amide bonds. The van der Waals surface area contributed by atoms with E-state index in [1.54, 1.807) is 23.1 Å². The minimum Gasteiger partial charge on any atom is -0.509 e.